The fourth-order valence-electron chi connectivity index (χ4n) is 3.47. The van der Waals surface area contributed by atoms with E-state index >= 15 is 0 Å². The van der Waals surface area contributed by atoms with Crippen molar-refractivity contribution in [3.63, 3.8) is 0 Å². The van der Waals surface area contributed by atoms with Gasteiger partial charge in [-0.2, -0.15) is 0 Å². The number of hydrogen-bond acceptors (Lipinski definition) is 4. The summed E-state index contributed by atoms with van der Waals surface area (Å²) in [4.78, 5) is 0.579. The van der Waals surface area contributed by atoms with Crippen molar-refractivity contribution in [2.75, 3.05) is 13.1 Å². The van der Waals surface area contributed by atoms with Crippen LogP contribution in [0.25, 0.3) is 0 Å². The lowest BCUT2D eigenvalue weighted by atomic mass is 10.1. The Bertz CT molecular complexity index is 972. The predicted octanol–water partition coefficient (Wildman–Crippen LogP) is 6.37. The minimum absolute atomic E-state index is 0.290. The zero-order valence-electron chi connectivity index (χ0n) is 19.3. The molecule has 2 aromatic rings. The first-order valence-corrected chi connectivity index (χ1v) is 16.3. The molecule has 0 atom stereocenters. The molecule has 0 heterocycles. The maximum absolute atomic E-state index is 12.2. The van der Waals surface area contributed by atoms with Crippen molar-refractivity contribution in [1.29, 1.82) is 0 Å². The van der Waals surface area contributed by atoms with E-state index in [2.05, 4.69) is 41.3 Å². The van der Waals surface area contributed by atoms with Crippen LogP contribution in [0.1, 0.15) is 64.2 Å². The first-order valence-electron chi connectivity index (χ1n) is 11.7. The van der Waals surface area contributed by atoms with Crippen LogP contribution in [0.2, 0.25) is 0 Å². The molecule has 2 N–H and O–H groups in total. The summed E-state index contributed by atoms with van der Waals surface area (Å²) >= 11 is 6.61. The molecule has 34 heavy (non-hydrogen) atoms. The maximum Gasteiger partial charge on any atom is 0.240 e. The largest absolute Gasteiger partial charge is 0.240 e. The van der Waals surface area contributed by atoms with E-state index < -0.39 is 20.0 Å². The highest BCUT2D eigenvalue weighted by Crippen LogP contribution is 2.16. The first-order chi connectivity index (χ1) is 16.2. The third-order valence-corrected chi connectivity index (χ3v) is 9.45. The highest BCUT2D eigenvalue weighted by atomic mass is 79.9. The van der Waals surface area contributed by atoms with Gasteiger partial charge in [0.2, 0.25) is 20.0 Å². The number of halogens is 2. The van der Waals surface area contributed by atoms with Crippen LogP contribution in [0.15, 0.2) is 67.3 Å². The van der Waals surface area contributed by atoms with E-state index in [4.69, 9.17) is 0 Å². The molecule has 0 aromatic heterocycles. The monoisotopic (exact) mass is 636 g/mol. The number of sulfonamides is 2. The molecule has 0 saturated heterocycles. The Morgan fingerprint density at radius 3 is 1.03 bits per heavy atom. The normalized spacial score (nSPS) is 12.2. The van der Waals surface area contributed by atoms with Gasteiger partial charge in [0.1, 0.15) is 0 Å². The van der Waals surface area contributed by atoms with Gasteiger partial charge in [-0.05, 0) is 61.4 Å². The van der Waals surface area contributed by atoms with Gasteiger partial charge < -0.3 is 0 Å². The Kier molecular flexibility index (Phi) is 13.3. The quantitative estimate of drug-likeness (QED) is 0.197. The third kappa shape index (κ3) is 11.3. The Morgan fingerprint density at radius 1 is 0.471 bits per heavy atom. The molecule has 6 nitrogen and oxygen atoms in total. The van der Waals surface area contributed by atoms with E-state index in [1.54, 1.807) is 48.5 Å². The fraction of sp³-hybridized carbons (Fsp3) is 0.500. The number of benzene rings is 2. The molecule has 0 bridgehead atoms. The van der Waals surface area contributed by atoms with E-state index in [-0.39, 0.29) is 9.79 Å². The highest BCUT2D eigenvalue weighted by Gasteiger charge is 2.13. The molecule has 0 aliphatic heterocycles. The Balaban J connectivity index is 1.41. The molecule has 0 aliphatic rings. The van der Waals surface area contributed by atoms with Crippen LogP contribution in [0, 0.1) is 0 Å². The minimum Gasteiger partial charge on any atom is -0.211 e. The van der Waals surface area contributed by atoms with Crippen LogP contribution in [0.5, 0.6) is 0 Å². The Morgan fingerprint density at radius 2 is 0.735 bits per heavy atom. The second-order valence-corrected chi connectivity index (χ2v) is 13.6. The zero-order chi connectivity index (χ0) is 24.9. The van der Waals surface area contributed by atoms with Crippen LogP contribution in [-0.4, -0.2) is 29.9 Å². The molecule has 0 aliphatic carbocycles. The molecule has 0 amide bonds. The van der Waals surface area contributed by atoms with E-state index in [9.17, 15) is 16.8 Å². The molecule has 190 valence electrons. The van der Waals surface area contributed by atoms with Crippen LogP contribution < -0.4 is 9.44 Å². The van der Waals surface area contributed by atoms with Crippen molar-refractivity contribution in [2.24, 2.45) is 0 Å². The smallest absolute Gasteiger partial charge is 0.211 e. The van der Waals surface area contributed by atoms with Gasteiger partial charge in [-0.3, -0.25) is 0 Å². The standard InChI is InChI=1S/C24H34Br2N2O4S2/c25-21-11-15-23(16-12-21)33(29,30)27-19-9-7-5-3-1-2-4-6-8-10-20-28-34(31,32)24-17-13-22(26)14-18-24/h11-18,27-28H,1-10,19-20H2. The molecule has 0 saturated carbocycles. The van der Waals surface area contributed by atoms with Crippen molar-refractivity contribution in [3.05, 3.63) is 57.5 Å². The van der Waals surface area contributed by atoms with Gasteiger partial charge in [-0.15, -0.1) is 0 Å². The average molecular weight is 638 g/mol. The van der Waals surface area contributed by atoms with Crippen molar-refractivity contribution in [3.8, 4) is 0 Å². The lowest BCUT2D eigenvalue weighted by Gasteiger charge is -2.07. The van der Waals surface area contributed by atoms with Crippen molar-refractivity contribution in [1.82, 2.24) is 9.44 Å². The van der Waals surface area contributed by atoms with Gasteiger partial charge in [0.25, 0.3) is 0 Å². The Hall–Kier alpha value is -0.780. The molecule has 0 spiro atoms. The SMILES string of the molecule is O=S(=O)(NCCCCCCCCCCCCNS(=O)(=O)c1ccc(Br)cc1)c1ccc(Br)cc1. The molecular formula is C24H34Br2N2O4S2. The first kappa shape index (κ1) is 29.5. The molecular weight excluding hydrogens is 604 g/mol. The van der Waals surface area contributed by atoms with Crippen LogP contribution in [0.3, 0.4) is 0 Å². The van der Waals surface area contributed by atoms with Crippen molar-refractivity contribution >= 4 is 51.9 Å². The third-order valence-electron chi connectivity index (χ3n) is 5.44. The summed E-state index contributed by atoms with van der Waals surface area (Å²) in [6.07, 6.45) is 10.6. The summed E-state index contributed by atoms with van der Waals surface area (Å²) < 4.78 is 55.9. The summed E-state index contributed by atoms with van der Waals surface area (Å²) in [6.45, 7) is 0.925. The summed E-state index contributed by atoms with van der Waals surface area (Å²) in [5.41, 5.74) is 0. The number of unbranched alkanes of at least 4 members (excludes halogenated alkanes) is 9. The molecule has 0 unspecified atom stereocenters. The number of nitrogens with one attached hydrogen (secondary N) is 2. The van der Waals surface area contributed by atoms with Crippen LogP contribution >= 0.6 is 31.9 Å². The van der Waals surface area contributed by atoms with E-state index in [1.807, 2.05) is 0 Å². The second-order valence-electron chi connectivity index (χ2n) is 8.24. The van der Waals surface area contributed by atoms with Gasteiger partial charge >= 0.3 is 0 Å². The molecule has 2 aromatic carbocycles. The van der Waals surface area contributed by atoms with Crippen LogP contribution in [-0.2, 0) is 20.0 Å². The average Bonchev–Trinajstić information content (AvgIpc) is 2.80. The van der Waals surface area contributed by atoms with Gasteiger partial charge in [0.15, 0.2) is 0 Å². The van der Waals surface area contributed by atoms with Gasteiger partial charge in [-0.1, -0.05) is 83.2 Å². The van der Waals surface area contributed by atoms with Gasteiger partial charge in [0.05, 0.1) is 9.79 Å². The second kappa shape index (κ2) is 15.4. The summed E-state index contributed by atoms with van der Waals surface area (Å²) in [7, 11) is -6.85. The molecule has 0 radical (unpaired) electrons. The van der Waals surface area contributed by atoms with E-state index in [1.165, 1.54) is 12.8 Å². The fourth-order valence-corrected chi connectivity index (χ4v) is 6.15. The van der Waals surface area contributed by atoms with Gasteiger partial charge in [0, 0.05) is 22.0 Å². The highest BCUT2D eigenvalue weighted by molar-refractivity contribution is 9.10. The maximum atomic E-state index is 12.2. The topological polar surface area (TPSA) is 92.3 Å². The summed E-state index contributed by atoms with van der Waals surface area (Å²) in [5.74, 6) is 0. The van der Waals surface area contributed by atoms with E-state index in [0.29, 0.717) is 13.1 Å². The Labute approximate surface area is 221 Å². The number of rotatable bonds is 17. The summed E-state index contributed by atoms with van der Waals surface area (Å²) in [5, 5.41) is 0. The van der Waals surface area contributed by atoms with Crippen molar-refractivity contribution in [2.45, 2.75) is 74.0 Å². The van der Waals surface area contributed by atoms with Crippen molar-refractivity contribution < 1.29 is 16.8 Å². The van der Waals surface area contributed by atoms with Gasteiger partial charge in [-0.25, -0.2) is 26.3 Å². The summed E-state index contributed by atoms with van der Waals surface area (Å²) in [6, 6.07) is 13.3. The lowest BCUT2D eigenvalue weighted by molar-refractivity contribution is 0.541. The predicted molar refractivity (Wildman–Crippen MR) is 145 cm³/mol. The molecule has 0 fully saturated rings. The minimum atomic E-state index is -3.43. The lowest BCUT2D eigenvalue weighted by Crippen LogP contribution is -2.24. The van der Waals surface area contributed by atoms with Crippen LogP contribution in [0.4, 0.5) is 0 Å². The number of hydrogen-bond donors (Lipinski definition) is 2. The molecule has 10 heteroatoms. The van der Waals surface area contributed by atoms with E-state index in [0.717, 1.165) is 60.3 Å². The molecule has 2 rings (SSSR count). The zero-order valence-corrected chi connectivity index (χ0v) is 24.1.